The minimum absolute atomic E-state index is 0.764. The van der Waals surface area contributed by atoms with Crippen molar-refractivity contribution in [3.8, 4) is 0 Å². The third-order valence-electron chi connectivity index (χ3n) is 3.30. The van der Waals surface area contributed by atoms with Crippen molar-refractivity contribution >= 4 is 5.82 Å². The van der Waals surface area contributed by atoms with E-state index in [1.807, 2.05) is 25.3 Å². The van der Waals surface area contributed by atoms with Crippen LogP contribution in [-0.2, 0) is 13.1 Å². The van der Waals surface area contributed by atoms with E-state index in [1.54, 1.807) is 0 Å². The maximum atomic E-state index is 4.54. The van der Waals surface area contributed by atoms with Crippen molar-refractivity contribution in [2.24, 2.45) is 0 Å². The molecule has 0 radical (unpaired) electrons. The van der Waals surface area contributed by atoms with Gasteiger partial charge in [0.1, 0.15) is 5.82 Å². The normalized spacial score (nSPS) is 10.6. The molecule has 0 fully saturated rings. The maximum Gasteiger partial charge on any atom is 0.128 e. The fraction of sp³-hybridized carbons (Fsp3) is 0.412. The van der Waals surface area contributed by atoms with Gasteiger partial charge in [0.25, 0.3) is 0 Å². The highest BCUT2D eigenvalue weighted by atomic mass is 15.2. The highest BCUT2D eigenvalue weighted by Gasteiger charge is 2.05. The highest BCUT2D eigenvalue weighted by molar-refractivity contribution is 5.40. The molecule has 0 aliphatic carbocycles. The van der Waals surface area contributed by atoms with Gasteiger partial charge in [-0.1, -0.05) is 13.0 Å². The van der Waals surface area contributed by atoms with Gasteiger partial charge in [-0.3, -0.25) is 4.98 Å². The lowest BCUT2D eigenvalue weighted by Crippen LogP contribution is -2.19. The molecule has 4 heteroatoms. The Labute approximate surface area is 127 Å². The topological polar surface area (TPSA) is 41.1 Å². The monoisotopic (exact) mass is 284 g/mol. The van der Waals surface area contributed by atoms with Crippen molar-refractivity contribution in [2.45, 2.75) is 33.4 Å². The lowest BCUT2D eigenvalue weighted by atomic mass is 10.2. The highest BCUT2D eigenvalue weighted by Crippen LogP contribution is 2.13. The first-order valence-electron chi connectivity index (χ1n) is 7.48. The summed E-state index contributed by atoms with van der Waals surface area (Å²) in [6.07, 6.45) is 3.02. The predicted octanol–water partition coefficient (Wildman–Crippen LogP) is 2.92. The van der Waals surface area contributed by atoms with Gasteiger partial charge in [-0.2, -0.15) is 0 Å². The van der Waals surface area contributed by atoms with Gasteiger partial charge in [-0.25, -0.2) is 4.98 Å². The Balaban J connectivity index is 2.01. The van der Waals surface area contributed by atoms with Gasteiger partial charge < -0.3 is 10.2 Å². The summed E-state index contributed by atoms with van der Waals surface area (Å²) in [4.78, 5) is 11.1. The van der Waals surface area contributed by atoms with E-state index in [1.165, 1.54) is 5.56 Å². The summed E-state index contributed by atoms with van der Waals surface area (Å²) in [6.45, 7) is 6.89. The van der Waals surface area contributed by atoms with Gasteiger partial charge in [-0.05, 0) is 49.7 Å². The van der Waals surface area contributed by atoms with Crippen LogP contribution in [0.5, 0.6) is 0 Å². The van der Waals surface area contributed by atoms with Gasteiger partial charge >= 0.3 is 0 Å². The second-order valence-electron chi connectivity index (χ2n) is 5.33. The van der Waals surface area contributed by atoms with Crippen LogP contribution >= 0.6 is 0 Å². The number of aryl methyl sites for hydroxylation is 1. The predicted molar refractivity (Wildman–Crippen MR) is 87.3 cm³/mol. The van der Waals surface area contributed by atoms with E-state index in [0.29, 0.717) is 0 Å². The SMILES string of the molecule is CCCNCc1ccnc(N(C)Cc2cccc(C)n2)c1. The number of pyridine rings is 2. The summed E-state index contributed by atoms with van der Waals surface area (Å²) < 4.78 is 0. The van der Waals surface area contributed by atoms with E-state index in [-0.39, 0.29) is 0 Å². The third-order valence-corrected chi connectivity index (χ3v) is 3.30. The minimum Gasteiger partial charge on any atom is -0.354 e. The Kier molecular flexibility index (Phi) is 5.69. The van der Waals surface area contributed by atoms with E-state index in [2.05, 4.69) is 52.4 Å². The Morgan fingerprint density at radius 3 is 2.86 bits per heavy atom. The lowest BCUT2D eigenvalue weighted by molar-refractivity contribution is 0.674. The first-order chi connectivity index (χ1) is 10.2. The fourth-order valence-corrected chi connectivity index (χ4v) is 2.20. The van der Waals surface area contributed by atoms with Gasteiger partial charge in [0.2, 0.25) is 0 Å². The molecular weight excluding hydrogens is 260 g/mol. The van der Waals surface area contributed by atoms with Crippen LogP contribution in [0.4, 0.5) is 5.82 Å². The standard InChI is InChI=1S/C17H24N4/c1-4-9-18-12-15-8-10-19-17(11-15)21(3)13-16-7-5-6-14(2)20-16/h5-8,10-11,18H,4,9,12-13H2,1-3H3. The molecule has 0 saturated carbocycles. The van der Waals surface area contributed by atoms with Gasteiger partial charge in [0.15, 0.2) is 0 Å². The zero-order valence-electron chi connectivity index (χ0n) is 13.1. The molecule has 2 heterocycles. The van der Waals surface area contributed by atoms with Crippen molar-refractivity contribution in [1.82, 2.24) is 15.3 Å². The second-order valence-corrected chi connectivity index (χ2v) is 5.33. The van der Waals surface area contributed by atoms with E-state index >= 15 is 0 Å². The van der Waals surface area contributed by atoms with Gasteiger partial charge in [0, 0.05) is 25.5 Å². The zero-order chi connectivity index (χ0) is 15.1. The van der Waals surface area contributed by atoms with Crippen LogP contribution in [0.2, 0.25) is 0 Å². The minimum atomic E-state index is 0.764. The summed E-state index contributed by atoms with van der Waals surface area (Å²) >= 11 is 0. The molecule has 0 amide bonds. The van der Waals surface area contributed by atoms with Crippen molar-refractivity contribution in [3.63, 3.8) is 0 Å². The largest absolute Gasteiger partial charge is 0.354 e. The fourth-order valence-electron chi connectivity index (χ4n) is 2.20. The summed E-state index contributed by atoms with van der Waals surface area (Å²) in [6, 6.07) is 10.3. The van der Waals surface area contributed by atoms with Crippen LogP contribution < -0.4 is 10.2 Å². The molecule has 21 heavy (non-hydrogen) atoms. The molecule has 0 aromatic carbocycles. The summed E-state index contributed by atoms with van der Waals surface area (Å²) in [5.74, 6) is 0.981. The van der Waals surface area contributed by atoms with E-state index in [9.17, 15) is 0 Å². The molecule has 0 atom stereocenters. The quantitative estimate of drug-likeness (QED) is 0.794. The molecule has 0 spiro atoms. The Morgan fingerprint density at radius 1 is 1.24 bits per heavy atom. The van der Waals surface area contributed by atoms with E-state index in [4.69, 9.17) is 0 Å². The summed E-state index contributed by atoms with van der Waals surface area (Å²) in [7, 11) is 2.05. The van der Waals surface area contributed by atoms with Crippen LogP contribution in [0.15, 0.2) is 36.5 Å². The van der Waals surface area contributed by atoms with Crippen molar-refractivity contribution in [1.29, 1.82) is 0 Å². The van der Waals surface area contributed by atoms with E-state index in [0.717, 1.165) is 43.3 Å². The molecule has 0 unspecified atom stereocenters. The van der Waals surface area contributed by atoms with Crippen LogP contribution in [0.25, 0.3) is 0 Å². The summed E-state index contributed by atoms with van der Waals surface area (Å²) in [5, 5.41) is 3.42. The van der Waals surface area contributed by atoms with Crippen LogP contribution in [0.3, 0.4) is 0 Å². The molecular formula is C17H24N4. The smallest absolute Gasteiger partial charge is 0.128 e. The van der Waals surface area contributed by atoms with Gasteiger partial charge in [0.05, 0.1) is 12.2 Å². The first kappa shape index (κ1) is 15.4. The van der Waals surface area contributed by atoms with Crippen LogP contribution in [-0.4, -0.2) is 23.6 Å². The Bertz CT molecular complexity index is 568. The number of nitrogens with one attached hydrogen (secondary N) is 1. The van der Waals surface area contributed by atoms with Crippen LogP contribution in [0.1, 0.15) is 30.3 Å². The first-order valence-corrected chi connectivity index (χ1v) is 7.48. The average molecular weight is 284 g/mol. The average Bonchev–Trinajstić information content (AvgIpc) is 2.48. The third kappa shape index (κ3) is 4.83. The number of rotatable bonds is 7. The molecule has 2 rings (SSSR count). The van der Waals surface area contributed by atoms with E-state index < -0.39 is 0 Å². The number of hydrogen-bond acceptors (Lipinski definition) is 4. The molecule has 0 saturated heterocycles. The van der Waals surface area contributed by atoms with Crippen molar-refractivity contribution in [3.05, 3.63) is 53.5 Å². The second kappa shape index (κ2) is 7.74. The number of hydrogen-bond donors (Lipinski definition) is 1. The Morgan fingerprint density at radius 2 is 2.10 bits per heavy atom. The molecule has 2 aromatic heterocycles. The molecule has 0 aliphatic rings. The number of aromatic nitrogens is 2. The van der Waals surface area contributed by atoms with Gasteiger partial charge in [-0.15, -0.1) is 0 Å². The Hall–Kier alpha value is -1.94. The van der Waals surface area contributed by atoms with Crippen LogP contribution in [0, 0.1) is 6.92 Å². The molecule has 112 valence electrons. The zero-order valence-corrected chi connectivity index (χ0v) is 13.1. The van der Waals surface area contributed by atoms with Crippen molar-refractivity contribution in [2.75, 3.05) is 18.5 Å². The maximum absolute atomic E-state index is 4.54. The number of anilines is 1. The lowest BCUT2D eigenvalue weighted by Gasteiger charge is -2.18. The molecule has 1 N–H and O–H groups in total. The molecule has 2 aromatic rings. The van der Waals surface area contributed by atoms with Crippen molar-refractivity contribution < 1.29 is 0 Å². The molecule has 0 aliphatic heterocycles. The number of nitrogens with zero attached hydrogens (tertiary/aromatic N) is 3. The molecule has 0 bridgehead atoms. The molecule has 4 nitrogen and oxygen atoms in total. The summed E-state index contributed by atoms with van der Waals surface area (Å²) in [5.41, 5.74) is 3.37.